The summed E-state index contributed by atoms with van der Waals surface area (Å²) in [4.78, 5) is 33.4. The van der Waals surface area contributed by atoms with Crippen LogP contribution in [0.3, 0.4) is 0 Å². The lowest BCUT2D eigenvalue weighted by molar-refractivity contribution is -0.123. The number of piperidine rings is 1. The number of pyridine rings is 2. The Kier molecular flexibility index (Phi) is 6.95. The van der Waals surface area contributed by atoms with Crippen LogP contribution in [0.25, 0.3) is 17.0 Å². The Morgan fingerprint density at radius 1 is 1.14 bits per heavy atom. The van der Waals surface area contributed by atoms with Crippen LogP contribution in [0.4, 0.5) is 0 Å². The quantitative estimate of drug-likeness (QED) is 0.571. The van der Waals surface area contributed by atoms with Crippen LogP contribution >= 0.6 is 0 Å². The lowest BCUT2D eigenvalue weighted by Gasteiger charge is -2.27. The molecule has 7 nitrogen and oxygen atoms in total. The molecule has 7 heteroatoms. The molecule has 182 valence electrons. The predicted molar refractivity (Wildman–Crippen MR) is 138 cm³/mol. The zero-order chi connectivity index (χ0) is 24.2. The molecule has 0 radical (unpaired) electrons. The fourth-order valence-corrected chi connectivity index (χ4v) is 5.15. The largest absolute Gasteiger partial charge is 0.497 e. The molecule has 2 aromatic heterocycles. The first kappa shape index (κ1) is 23.3. The van der Waals surface area contributed by atoms with E-state index in [1.165, 1.54) is 19.3 Å². The Balaban J connectivity index is 1.39. The van der Waals surface area contributed by atoms with Crippen molar-refractivity contribution < 1.29 is 9.53 Å². The van der Waals surface area contributed by atoms with Crippen molar-refractivity contribution >= 4 is 22.9 Å². The first-order valence-corrected chi connectivity index (χ1v) is 12.5. The highest BCUT2D eigenvalue weighted by Crippen LogP contribution is 2.28. The number of benzene rings is 1. The lowest BCUT2D eigenvalue weighted by atomic mass is 9.89. The molecule has 35 heavy (non-hydrogen) atoms. The fourth-order valence-electron chi connectivity index (χ4n) is 5.15. The van der Waals surface area contributed by atoms with Crippen LogP contribution in [0.1, 0.15) is 36.1 Å². The molecule has 0 spiro atoms. The van der Waals surface area contributed by atoms with Gasteiger partial charge in [0.05, 0.1) is 30.5 Å². The monoisotopic (exact) mass is 472 g/mol. The van der Waals surface area contributed by atoms with E-state index in [9.17, 15) is 9.59 Å². The third-order valence-electron chi connectivity index (χ3n) is 7.09. The smallest absolute Gasteiger partial charge is 0.260 e. The lowest BCUT2D eigenvalue weighted by Crippen LogP contribution is -2.40. The van der Waals surface area contributed by atoms with E-state index in [-0.39, 0.29) is 17.4 Å². The molecule has 1 N–H and O–H groups in total. The summed E-state index contributed by atoms with van der Waals surface area (Å²) in [6, 6.07) is 11.3. The van der Waals surface area contributed by atoms with Crippen molar-refractivity contribution in [1.82, 2.24) is 19.8 Å². The topological polar surface area (TPSA) is 76.5 Å². The highest BCUT2D eigenvalue weighted by molar-refractivity contribution is 5.88. The van der Waals surface area contributed by atoms with E-state index in [0.29, 0.717) is 30.4 Å². The number of nitrogens with zero attached hydrogens (tertiary/aromatic N) is 3. The van der Waals surface area contributed by atoms with Crippen molar-refractivity contribution in [3.63, 3.8) is 0 Å². The number of carbonyl (C=O) groups is 1. The van der Waals surface area contributed by atoms with Crippen molar-refractivity contribution in [1.29, 1.82) is 0 Å². The summed E-state index contributed by atoms with van der Waals surface area (Å²) in [7, 11) is 1.64. The van der Waals surface area contributed by atoms with Gasteiger partial charge in [-0.1, -0.05) is 24.6 Å². The Hall–Kier alpha value is -3.45. The summed E-state index contributed by atoms with van der Waals surface area (Å²) in [5.41, 5.74) is 3.40. The maximum Gasteiger partial charge on any atom is 0.260 e. The third kappa shape index (κ3) is 5.00. The van der Waals surface area contributed by atoms with Gasteiger partial charge < -0.3 is 19.5 Å². The molecule has 1 aliphatic heterocycles. The minimum atomic E-state index is -0.277. The SMILES string of the molecule is COc1ccc(Cn2c3c(c4ncccc4c2=O)CC(C(=O)NCCN2CCCCC2)C=C3)cc1. The Labute approximate surface area is 205 Å². The molecule has 0 saturated carbocycles. The summed E-state index contributed by atoms with van der Waals surface area (Å²) in [5.74, 6) is 0.529. The van der Waals surface area contributed by atoms with Crippen molar-refractivity contribution in [3.05, 3.63) is 75.8 Å². The van der Waals surface area contributed by atoms with E-state index < -0.39 is 0 Å². The van der Waals surface area contributed by atoms with Crippen molar-refractivity contribution in [2.45, 2.75) is 32.2 Å². The molecule has 3 aromatic rings. The molecule has 2 aliphatic rings. The number of carbonyl (C=O) groups excluding carboxylic acids is 1. The van der Waals surface area contributed by atoms with Crippen LogP contribution < -0.4 is 15.6 Å². The zero-order valence-electron chi connectivity index (χ0n) is 20.2. The van der Waals surface area contributed by atoms with Gasteiger partial charge in [-0.25, -0.2) is 0 Å². The predicted octanol–water partition coefficient (Wildman–Crippen LogP) is 3.24. The van der Waals surface area contributed by atoms with Gasteiger partial charge >= 0.3 is 0 Å². The first-order chi connectivity index (χ1) is 17.1. The van der Waals surface area contributed by atoms with E-state index >= 15 is 0 Å². The second kappa shape index (κ2) is 10.4. The molecule has 5 rings (SSSR count). The summed E-state index contributed by atoms with van der Waals surface area (Å²) >= 11 is 0. The van der Waals surface area contributed by atoms with Gasteiger partial charge in [0.1, 0.15) is 5.75 Å². The van der Waals surface area contributed by atoms with E-state index in [0.717, 1.165) is 42.2 Å². The van der Waals surface area contributed by atoms with Crippen molar-refractivity contribution in [2.75, 3.05) is 33.3 Å². The highest BCUT2D eigenvalue weighted by atomic mass is 16.5. The van der Waals surface area contributed by atoms with Crippen LogP contribution in [0.15, 0.2) is 53.5 Å². The van der Waals surface area contributed by atoms with Gasteiger partial charge in [0, 0.05) is 30.5 Å². The van der Waals surface area contributed by atoms with E-state index in [4.69, 9.17) is 4.74 Å². The molecule has 1 unspecified atom stereocenters. The summed E-state index contributed by atoms with van der Waals surface area (Å²) in [5, 5.41) is 3.71. The van der Waals surface area contributed by atoms with Crippen molar-refractivity contribution in [3.8, 4) is 5.75 Å². The molecule has 1 amide bonds. The number of methoxy groups -OCH3 is 1. The van der Waals surface area contributed by atoms with E-state index in [2.05, 4.69) is 15.2 Å². The highest BCUT2D eigenvalue weighted by Gasteiger charge is 2.26. The summed E-state index contributed by atoms with van der Waals surface area (Å²) in [6.45, 7) is 4.23. The minimum Gasteiger partial charge on any atom is -0.497 e. The number of nitrogens with one attached hydrogen (secondary N) is 1. The minimum absolute atomic E-state index is 0.0286. The van der Waals surface area contributed by atoms with Gasteiger partial charge in [-0.3, -0.25) is 14.6 Å². The zero-order valence-corrected chi connectivity index (χ0v) is 20.2. The van der Waals surface area contributed by atoms with Gasteiger partial charge in [0.25, 0.3) is 5.56 Å². The molecule has 1 fully saturated rings. The number of likely N-dealkylation sites (tertiary alicyclic amines) is 1. The molecule has 3 heterocycles. The van der Waals surface area contributed by atoms with Crippen molar-refractivity contribution in [2.24, 2.45) is 5.92 Å². The number of ether oxygens (including phenoxy) is 1. The average molecular weight is 473 g/mol. The van der Waals surface area contributed by atoms with Crippen LogP contribution in [0.2, 0.25) is 0 Å². The average Bonchev–Trinajstić information content (AvgIpc) is 2.91. The van der Waals surface area contributed by atoms with Gasteiger partial charge in [-0.2, -0.15) is 0 Å². The first-order valence-electron chi connectivity index (χ1n) is 12.5. The summed E-state index contributed by atoms with van der Waals surface area (Å²) in [6.07, 6.45) is 9.88. The molecule has 1 saturated heterocycles. The Morgan fingerprint density at radius 3 is 2.71 bits per heavy atom. The van der Waals surface area contributed by atoms with Crippen LogP contribution in [-0.2, 0) is 17.8 Å². The van der Waals surface area contributed by atoms with Gasteiger partial charge in [0.15, 0.2) is 0 Å². The Bertz CT molecular complexity index is 1290. The maximum atomic E-state index is 13.4. The second-order valence-electron chi connectivity index (χ2n) is 9.37. The van der Waals surface area contributed by atoms with E-state index in [1.807, 2.05) is 42.5 Å². The molecule has 1 aromatic carbocycles. The second-order valence-corrected chi connectivity index (χ2v) is 9.37. The molecule has 1 aliphatic carbocycles. The van der Waals surface area contributed by atoms with Crippen LogP contribution in [0.5, 0.6) is 5.75 Å². The number of fused-ring (bicyclic) bond motifs is 3. The number of hydrogen-bond donors (Lipinski definition) is 1. The molecular weight excluding hydrogens is 440 g/mol. The Morgan fingerprint density at radius 2 is 1.94 bits per heavy atom. The fraction of sp³-hybridized carbons (Fsp3) is 0.393. The number of aromatic nitrogens is 2. The van der Waals surface area contributed by atoms with E-state index in [1.54, 1.807) is 23.9 Å². The number of amides is 1. The van der Waals surface area contributed by atoms with Crippen LogP contribution in [-0.4, -0.2) is 53.6 Å². The number of hydrogen-bond acceptors (Lipinski definition) is 5. The maximum absolute atomic E-state index is 13.4. The van der Waals surface area contributed by atoms with Gasteiger partial charge in [-0.15, -0.1) is 0 Å². The molecular formula is C28H32N4O3. The number of rotatable bonds is 7. The molecule has 1 atom stereocenters. The van der Waals surface area contributed by atoms with Gasteiger partial charge in [-0.05, 0) is 68.3 Å². The standard InChI is InChI=1S/C28H32N4O3/c1-35-22-10-7-20(8-11-22)19-32-25-12-9-21(27(33)30-14-17-31-15-3-2-4-16-31)18-24(25)26-23(28(32)34)6-5-13-29-26/h5-13,21H,2-4,14-19H2,1H3,(H,30,33). The normalized spacial score (nSPS) is 17.8. The third-order valence-corrected chi connectivity index (χ3v) is 7.09. The van der Waals surface area contributed by atoms with Gasteiger partial charge in [0.2, 0.25) is 5.91 Å². The summed E-state index contributed by atoms with van der Waals surface area (Å²) < 4.78 is 7.05. The molecule has 0 bridgehead atoms. The van der Waals surface area contributed by atoms with Crippen LogP contribution in [0, 0.1) is 5.92 Å².